The largest absolute Gasteiger partial charge is 0.337 e. The molecule has 2 heterocycles. The number of nitrogens with one attached hydrogen (secondary N) is 1. The first-order valence-electron chi connectivity index (χ1n) is 5.51. The summed E-state index contributed by atoms with van der Waals surface area (Å²) in [6.07, 6.45) is 1.55. The number of thiophene rings is 1. The van der Waals surface area contributed by atoms with Crippen LogP contribution in [0.5, 0.6) is 0 Å². The van der Waals surface area contributed by atoms with E-state index in [9.17, 15) is 4.79 Å². The fraction of sp³-hybridized carbons (Fsp3) is 0.167. The van der Waals surface area contributed by atoms with Gasteiger partial charge in [0.2, 0.25) is 0 Å². The van der Waals surface area contributed by atoms with Gasteiger partial charge in [-0.3, -0.25) is 4.79 Å². The molecule has 19 heavy (non-hydrogen) atoms. The summed E-state index contributed by atoms with van der Waals surface area (Å²) in [5.74, 6) is 5.68. The van der Waals surface area contributed by atoms with Gasteiger partial charge < -0.3 is 10.3 Å². The van der Waals surface area contributed by atoms with Gasteiger partial charge in [0.1, 0.15) is 5.82 Å². The van der Waals surface area contributed by atoms with Crippen LogP contribution in [0.2, 0.25) is 0 Å². The van der Waals surface area contributed by atoms with Crippen LogP contribution in [0, 0.1) is 0 Å². The van der Waals surface area contributed by atoms with Crippen LogP contribution in [0.4, 0.5) is 5.82 Å². The van der Waals surface area contributed by atoms with Crippen LogP contribution >= 0.6 is 27.3 Å². The van der Waals surface area contributed by atoms with Crippen molar-refractivity contribution >= 4 is 39.0 Å². The fourth-order valence-corrected chi connectivity index (χ4v) is 2.84. The van der Waals surface area contributed by atoms with Crippen molar-refractivity contribution in [3.63, 3.8) is 0 Å². The number of nitrogen functional groups attached to an aromatic ring is 1. The highest BCUT2D eigenvalue weighted by Crippen LogP contribution is 2.22. The molecule has 0 atom stereocenters. The molecule has 0 aliphatic heterocycles. The summed E-state index contributed by atoms with van der Waals surface area (Å²) in [7, 11) is 1.77. The Hall–Kier alpha value is -1.44. The molecule has 5 nitrogen and oxygen atoms in total. The number of anilines is 1. The number of halogens is 1. The molecule has 0 bridgehead atoms. The van der Waals surface area contributed by atoms with Crippen molar-refractivity contribution in [3.05, 3.63) is 44.7 Å². The minimum atomic E-state index is -0.0683. The number of rotatable bonds is 4. The topological polar surface area (TPSA) is 71.2 Å². The van der Waals surface area contributed by atoms with Gasteiger partial charge in [-0.25, -0.2) is 10.8 Å². The Bertz CT molecular complexity index is 587. The third-order valence-electron chi connectivity index (χ3n) is 2.54. The molecule has 0 spiro atoms. The van der Waals surface area contributed by atoms with Crippen molar-refractivity contribution in [2.45, 2.75) is 6.54 Å². The Balaban J connectivity index is 2.09. The van der Waals surface area contributed by atoms with Gasteiger partial charge in [0.15, 0.2) is 0 Å². The molecule has 0 unspecified atom stereocenters. The number of pyridine rings is 1. The Kier molecular flexibility index (Phi) is 4.52. The Morgan fingerprint density at radius 3 is 3.00 bits per heavy atom. The van der Waals surface area contributed by atoms with Crippen molar-refractivity contribution in [2.75, 3.05) is 12.5 Å². The van der Waals surface area contributed by atoms with Gasteiger partial charge in [-0.15, -0.1) is 11.3 Å². The second-order valence-electron chi connectivity index (χ2n) is 3.99. The summed E-state index contributed by atoms with van der Waals surface area (Å²) < 4.78 is 1.06. The SMILES string of the molecule is CN(Cc1csc(Br)c1)C(=O)c1ccnc(NN)c1. The molecule has 7 heteroatoms. The van der Waals surface area contributed by atoms with Crippen LogP contribution in [0.1, 0.15) is 15.9 Å². The summed E-state index contributed by atoms with van der Waals surface area (Å²) in [6, 6.07) is 5.30. The zero-order valence-electron chi connectivity index (χ0n) is 10.3. The van der Waals surface area contributed by atoms with E-state index < -0.39 is 0 Å². The van der Waals surface area contributed by atoms with Crippen molar-refractivity contribution in [1.82, 2.24) is 9.88 Å². The standard InChI is InChI=1S/C12H13BrN4OS/c1-17(6-8-4-10(13)19-7-8)12(18)9-2-3-15-11(5-9)16-14/h2-5,7H,6,14H2,1H3,(H,15,16). The summed E-state index contributed by atoms with van der Waals surface area (Å²) in [6.45, 7) is 0.564. The first-order valence-corrected chi connectivity index (χ1v) is 7.18. The molecule has 0 saturated carbocycles. The predicted octanol–water partition coefficient (Wildman–Crippen LogP) is 2.46. The molecule has 2 rings (SSSR count). The van der Waals surface area contributed by atoms with E-state index in [-0.39, 0.29) is 5.91 Å². The van der Waals surface area contributed by atoms with E-state index in [1.807, 2.05) is 11.4 Å². The van der Waals surface area contributed by atoms with Crippen LogP contribution in [-0.4, -0.2) is 22.8 Å². The molecule has 0 aromatic carbocycles. The maximum atomic E-state index is 12.2. The maximum Gasteiger partial charge on any atom is 0.254 e. The number of carbonyl (C=O) groups is 1. The molecule has 0 radical (unpaired) electrons. The Labute approximate surface area is 123 Å². The van der Waals surface area contributed by atoms with Crippen LogP contribution in [-0.2, 0) is 6.54 Å². The second-order valence-corrected chi connectivity index (χ2v) is 6.28. The molecule has 0 aliphatic carbocycles. The smallest absolute Gasteiger partial charge is 0.254 e. The number of hydrogen-bond donors (Lipinski definition) is 2. The van der Waals surface area contributed by atoms with Crippen LogP contribution in [0.3, 0.4) is 0 Å². The van der Waals surface area contributed by atoms with E-state index in [0.29, 0.717) is 17.9 Å². The average Bonchev–Trinajstić information content (AvgIpc) is 2.83. The van der Waals surface area contributed by atoms with E-state index in [4.69, 9.17) is 5.84 Å². The van der Waals surface area contributed by atoms with Crippen LogP contribution in [0.25, 0.3) is 0 Å². The fourth-order valence-electron chi connectivity index (χ4n) is 1.64. The minimum Gasteiger partial charge on any atom is -0.337 e. The van der Waals surface area contributed by atoms with E-state index in [2.05, 4.69) is 26.3 Å². The van der Waals surface area contributed by atoms with Gasteiger partial charge in [-0.2, -0.15) is 0 Å². The summed E-state index contributed by atoms with van der Waals surface area (Å²) >= 11 is 5.01. The number of hydrazine groups is 1. The van der Waals surface area contributed by atoms with E-state index in [1.54, 1.807) is 41.6 Å². The third-order valence-corrected chi connectivity index (χ3v) is 4.10. The van der Waals surface area contributed by atoms with Gasteiger partial charge in [0.05, 0.1) is 3.79 Å². The first-order chi connectivity index (χ1) is 9.10. The first kappa shape index (κ1) is 14.0. The molecular weight excluding hydrogens is 328 g/mol. The molecule has 100 valence electrons. The van der Waals surface area contributed by atoms with Crippen LogP contribution < -0.4 is 11.3 Å². The number of nitrogens with two attached hydrogens (primary N) is 1. The summed E-state index contributed by atoms with van der Waals surface area (Å²) in [4.78, 5) is 17.9. The molecule has 0 fully saturated rings. The minimum absolute atomic E-state index is 0.0683. The van der Waals surface area contributed by atoms with E-state index in [1.165, 1.54) is 0 Å². The van der Waals surface area contributed by atoms with Gasteiger partial charge in [0, 0.05) is 25.4 Å². The number of carbonyl (C=O) groups excluding carboxylic acids is 1. The van der Waals surface area contributed by atoms with Gasteiger partial charge in [0.25, 0.3) is 5.91 Å². The number of nitrogens with zero attached hydrogens (tertiary/aromatic N) is 2. The Morgan fingerprint density at radius 2 is 2.37 bits per heavy atom. The zero-order chi connectivity index (χ0) is 13.8. The lowest BCUT2D eigenvalue weighted by atomic mass is 10.2. The predicted molar refractivity (Wildman–Crippen MR) is 79.9 cm³/mol. The highest BCUT2D eigenvalue weighted by molar-refractivity contribution is 9.11. The molecule has 1 amide bonds. The second kappa shape index (κ2) is 6.14. The molecule has 2 aromatic heterocycles. The molecular formula is C12H13BrN4OS. The quantitative estimate of drug-likeness (QED) is 0.662. The molecule has 2 aromatic rings. The van der Waals surface area contributed by atoms with E-state index >= 15 is 0 Å². The normalized spacial score (nSPS) is 10.3. The number of aromatic nitrogens is 1. The van der Waals surface area contributed by atoms with Gasteiger partial charge in [-0.05, 0) is 45.1 Å². The number of amides is 1. The van der Waals surface area contributed by atoms with Crippen molar-refractivity contribution in [3.8, 4) is 0 Å². The lowest BCUT2D eigenvalue weighted by molar-refractivity contribution is 0.0785. The average molecular weight is 341 g/mol. The molecule has 0 saturated heterocycles. The monoisotopic (exact) mass is 340 g/mol. The lowest BCUT2D eigenvalue weighted by Gasteiger charge is -2.16. The van der Waals surface area contributed by atoms with Crippen molar-refractivity contribution in [2.24, 2.45) is 5.84 Å². The highest BCUT2D eigenvalue weighted by Gasteiger charge is 2.13. The molecule has 0 aliphatic rings. The summed E-state index contributed by atoms with van der Waals surface area (Å²) in [5.41, 5.74) is 4.08. The Morgan fingerprint density at radius 1 is 1.58 bits per heavy atom. The highest BCUT2D eigenvalue weighted by atomic mass is 79.9. The van der Waals surface area contributed by atoms with Gasteiger partial charge in [-0.1, -0.05) is 0 Å². The third kappa shape index (κ3) is 3.52. The maximum absolute atomic E-state index is 12.2. The summed E-state index contributed by atoms with van der Waals surface area (Å²) in [5, 5.41) is 2.02. The van der Waals surface area contributed by atoms with Crippen LogP contribution in [0.15, 0.2) is 33.6 Å². The van der Waals surface area contributed by atoms with Gasteiger partial charge >= 0.3 is 0 Å². The number of hydrogen-bond acceptors (Lipinski definition) is 5. The zero-order valence-corrected chi connectivity index (χ0v) is 12.7. The van der Waals surface area contributed by atoms with Crippen molar-refractivity contribution in [1.29, 1.82) is 0 Å². The lowest BCUT2D eigenvalue weighted by Crippen LogP contribution is -2.26. The molecule has 3 N–H and O–H groups in total. The van der Waals surface area contributed by atoms with Crippen molar-refractivity contribution < 1.29 is 4.79 Å². The van der Waals surface area contributed by atoms with E-state index in [0.717, 1.165) is 9.35 Å².